The van der Waals surface area contributed by atoms with Crippen molar-refractivity contribution in [3.05, 3.63) is 35.0 Å². The number of nitrogens with zero attached hydrogens (tertiary/aromatic N) is 5. The molecule has 0 fully saturated rings. The van der Waals surface area contributed by atoms with E-state index < -0.39 is 0 Å². The van der Waals surface area contributed by atoms with Crippen molar-refractivity contribution < 1.29 is 22.0 Å². The van der Waals surface area contributed by atoms with Gasteiger partial charge in [-0.15, -0.1) is 0 Å². The van der Waals surface area contributed by atoms with Crippen LogP contribution in [0.25, 0.3) is 0 Å². The van der Waals surface area contributed by atoms with Crippen molar-refractivity contribution in [1.82, 2.24) is 4.68 Å². The average Bonchev–Trinajstić information content (AvgIpc) is 2.82. The van der Waals surface area contributed by atoms with Gasteiger partial charge in [0, 0.05) is 25.8 Å². The molecule has 0 atom stereocenters. The van der Waals surface area contributed by atoms with E-state index in [1.807, 2.05) is 42.6 Å². The summed E-state index contributed by atoms with van der Waals surface area (Å²) in [4.78, 5) is 2.31. The zero-order valence-electron chi connectivity index (χ0n) is 14.9. The Hall–Kier alpha value is -0.967. The molecule has 0 aliphatic carbocycles. The number of halogens is 2. The summed E-state index contributed by atoms with van der Waals surface area (Å²) in [5.41, 5.74) is 3.17. The second-order valence-corrected chi connectivity index (χ2v) is 5.65. The van der Waals surface area contributed by atoms with Gasteiger partial charge in [-0.05, 0) is 49.6 Å². The SMILES string of the molecule is CCN(CC)c1ccc(N=Nc2c(Cl)cn(C)[n+]2C)c(C)c1.[Cl][Zn-]. The average molecular weight is 422 g/mol. The van der Waals surface area contributed by atoms with Crippen LogP contribution in [0.15, 0.2) is 34.6 Å². The Morgan fingerprint density at radius 3 is 2.29 bits per heavy atom. The predicted octanol–water partition coefficient (Wildman–Crippen LogP) is 4.76. The fourth-order valence-corrected chi connectivity index (χ4v) is 2.66. The van der Waals surface area contributed by atoms with Crippen molar-refractivity contribution in [1.29, 1.82) is 0 Å². The van der Waals surface area contributed by atoms with E-state index in [0.717, 1.165) is 41.7 Å². The van der Waals surface area contributed by atoms with Crippen LogP contribution >= 0.6 is 21.3 Å². The van der Waals surface area contributed by atoms with Gasteiger partial charge in [0.15, 0.2) is 5.02 Å². The first-order valence-electron chi connectivity index (χ1n) is 7.73. The summed E-state index contributed by atoms with van der Waals surface area (Å²) >= 11 is 7.01. The summed E-state index contributed by atoms with van der Waals surface area (Å²) in [6.45, 7) is 8.35. The molecule has 24 heavy (non-hydrogen) atoms. The van der Waals surface area contributed by atoms with Gasteiger partial charge in [-0.25, -0.2) is 4.68 Å². The molecule has 0 amide bonds. The fraction of sp³-hybridized carbons (Fsp3) is 0.438. The van der Waals surface area contributed by atoms with Gasteiger partial charge in [0.2, 0.25) is 0 Å². The molecule has 5 nitrogen and oxygen atoms in total. The number of aryl methyl sites for hydroxylation is 2. The molecule has 1 aromatic heterocycles. The van der Waals surface area contributed by atoms with Crippen LogP contribution in [0.3, 0.4) is 0 Å². The molecule has 0 bridgehead atoms. The van der Waals surface area contributed by atoms with E-state index in [2.05, 4.69) is 41.1 Å². The zero-order valence-corrected chi connectivity index (χ0v) is 19.4. The third-order valence-electron chi connectivity index (χ3n) is 3.85. The van der Waals surface area contributed by atoms with Crippen molar-refractivity contribution in [3.63, 3.8) is 0 Å². The molecule has 1 aromatic carbocycles. The summed E-state index contributed by atoms with van der Waals surface area (Å²) in [5, 5.41) is 9.23. The van der Waals surface area contributed by atoms with Gasteiger partial charge in [0.25, 0.3) is 0 Å². The van der Waals surface area contributed by atoms with Crippen LogP contribution in [0.5, 0.6) is 0 Å². The molecule has 0 spiro atoms. The Kier molecular flexibility index (Phi) is 8.89. The minimum atomic E-state index is 0.589. The summed E-state index contributed by atoms with van der Waals surface area (Å²) in [6, 6.07) is 6.23. The van der Waals surface area contributed by atoms with Crippen LogP contribution < -0.4 is 9.58 Å². The van der Waals surface area contributed by atoms with Crippen molar-refractivity contribution in [3.8, 4) is 0 Å². The topological polar surface area (TPSA) is 36.8 Å². The molecule has 128 valence electrons. The van der Waals surface area contributed by atoms with Gasteiger partial charge in [-0.2, -0.15) is 4.68 Å². The first-order chi connectivity index (χ1) is 11.5. The minimum absolute atomic E-state index is 0.589. The van der Waals surface area contributed by atoms with Gasteiger partial charge in [0.05, 0.1) is 11.3 Å². The van der Waals surface area contributed by atoms with Crippen molar-refractivity contribution >= 4 is 38.5 Å². The molecule has 8 heteroatoms. The zero-order chi connectivity index (χ0) is 18.3. The van der Waals surface area contributed by atoms with E-state index in [4.69, 9.17) is 21.3 Å². The van der Waals surface area contributed by atoms with Gasteiger partial charge in [0.1, 0.15) is 12.7 Å². The van der Waals surface area contributed by atoms with Gasteiger partial charge in [-0.3, -0.25) is 0 Å². The van der Waals surface area contributed by atoms with Crippen LogP contribution in [0.4, 0.5) is 17.2 Å². The maximum atomic E-state index is 6.16. The van der Waals surface area contributed by atoms with Crippen LogP contribution in [0, 0.1) is 6.92 Å². The quantitative estimate of drug-likeness (QED) is 0.389. The number of azo groups is 1. The first-order valence-corrected chi connectivity index (χ1v) is 12.0. The van der Waals surface area contributed by atoms with Crippen molar-refractivity contribution in [2.45, 2.75) is 20.8 Å². The number of rotatable bonds is 5. The number of aromatic nitrogens is 2. The molecule has 0 saturated heterocycles. The summed E-state index contributed by atoms with van der Waals surface area (Å²) in [7, 11) is 8.57. The fourth-order valence-electron chi connectivity index (χ4n) is 2.36. The van der Waals surface area contributed by atoms with E-state index in [1.165, 1.54) is 5.69 Å². The molecule has 0 N–H and O–H groups in total. The molecule has 0 aliphatic heterocycles. The Balaban J connectivity index is 0.00000139. The molecule has 0 radical (unpaired) electrons. The number of anilines is 1. The molecular formula is C16H23Cl2N5Zn. The number of hydrogen-bond acceptors (Lipinski definition) is 3. The van der Waals surface area contributed by atoms with Crippen molar-refractivity contribution in [2.24, 2.45) is 24.3 Å². The van der Waals surface area contributed by atoms with Crippen LogP contribution in [0.1, 0.15) is 19.4 Å². The number of hydrogen-bond donors (Lipinski definition) is 0. The van der Waals surface area contributed by atoms with E-state index in [-0.39, 0.29) is 0 Å². The molecule has 2 aromatic rings. The summed E-state index contributed by atoms with van der Waals surface area (Å²) < 4.78 is 3.72. The van der Waals surface area contributed by atoms with Gasteiger partial charge < -0.3 is 4.90 Å². The Labute approximate surface area is 163 Å². The second-order valence-electron chi connectivity index (χ2n) is 5.24. The van der Waals surface area contributed by atoms with Gasteiger partial charge in [-0.1, -0.05) is 11.6 Å². The van der Waals surface area contributed by atoms with E-state index >= 15 is 0 Å². The standard InChI is InChI=1S/C16H23ClN5.ClH.Zn/c1-6-22(7-2)13-8-9-15(12(3)10-13)18-19-16-14(17)11-20(4)21(16)5;;/h8-11H,6-7H2,1-5H3;1H;/q+1;;/p-1. The molecule has 1 heterocycles. The Bertz CT molecular complexity index is 696. The normalized spacial score (nSPS) is 10.6. The van der Waals surface area contributed by atoms with Crippen LogP contribution in [-0.4, -0.2) is 17.8 Å². The first kappa shape index (κ1) is 21.1. The molecule has 0 aliphatic rings. The second kappa shape index (κ2) is 10.1. The summed E-state index contributed by atoms with van der Waals surface area (Å²) in [6.07, 6.45) is 1.81. The third kappa shape index (κ3) is 5.01. The molecular weight excluding hydrogens is 399 g/mol. The van der Waals surface area contributed by atoms with Crippen LogP contribution in [-0.2, 0) is 31.4 Å². The molecule has 0 unspecified atom stereocenters. The third-order valence-corrected chi connectivity index (χ3v) is 4.12. The van der Waals surface area contributed by atoms with E-state index in [9.17, 15) is 0 Å². The molecule has 0 saturated carbocycles. The van der Waals surface area contributed by atoms with E-state index in [1.54, 1.807) is 0 Å². The Morgan fingerprint density at radius 1 is 1.21 bits per heavy atom. The van der Waals surface area contributed by atoms with Crippen molar-refractivity contribution in [2.75, 3.05) is 18.0 Å². The van der Waals surface area contributed by atoms with Gasteiger partial charge >= 0.3 is 32.8 Å². The monoisotopic (exact) mass is 419 g/mol. The Morgan fingerprint density at radius 2 is 1.83 bits per heavy atom. The number of benzene rings is 1. The predicted molar refractivity (Wildman–Crippen MR) is 96.4 cm³/mol. The van der Waals surface area contributed by atoms with Crippen LogP contribution in [0.2, 0.25) is 5.02 Å². The molecule has 2 rings (SSSR count). The summed E-state index contributed by atoms with van der Waals surface area (Å²) in [5.74, 6) is 0.649. The van der Waals surface area contributed by atoms with E-state index in [0.29, 0.717) is 10.8 Å². The maximum absolute atomic E-state index is 6.16.